The summed E-state index contributed by atoms with van der Waals surface area (Å²) >= 11 is 0. The number of anilines is 2. The van der Waals surface area contributed by atoms with Gasteiger partial charge in [-0.1, -0.05) is 18.2 Å². The first-order valence-corrected chi connectivity index (χ1v) is 10.0. The van der Waals surface area contributed by atoms with Gasteiger partial charge in [-0.05, 0) is 43.2 Å². The second-order valence-corrected chi connectivity index (χ2v) is 7.50. The lowest BCUT2D eigenvalue weighted by atomic mass is 10.0. The van der Waals surface area contributed by atoms with Gasteiger partial charge in [0.15, 0.2) is 0 Å². The molecule has 7 heteroatoms. The van der Waals surface area contributed by atoms with Gasteiger partial charge in [0.25, 0.3) is 0 Å². The van der Waals surface area contributed by atoms with Crippen molar-refractivity contribution in [1.82, 2.24) is 10.9 Å². The Labute approximate surface area is 171 Å². The van der Waals surface area contributed by atoms with Gasteiger partial charge < -0.3 is 19.7 Å². The molecule has 0 radical (unpaired) electrons. The molecule has 0 aliphatic carbocycles. The Hall–Kier alpha value is -2.61. The number of ether oxygens (including phenoxy) is 2. The molecule has 3 unspecified atom stereocenters. The lowest BCUT2D eigenvalue weighted by molar-refractivity contribution is -0.117. The second kappa shape index (κ2) is 8.82. The number of hydrazine groups is 1. The quantitative estimate of drug-likeness (QED) is 0.697. The largest absolute Gasteiger partial charge is 0.496 e. The number of hydrogen-bond acceptors (Lipinski definition) is 6. The molecule has 2 aliphatic heterocycles. The zero-order chi connectivity index (χ0) is 20.2. The topological polar surface area (TPSA) is 74.9 Å². The smallest absolute Gasteiger partial charge is 0.242 e. The first-order chi connectivity index (χ1) is 14.2. The highest BCUT2D eigenvalue weighted by molar-refractivity contribution is 5.95. The number of rotatable bonds is 6. The van der Waals surface area contributed by atoms with Gasteiger partial charge >= 0.3 is 0 Å². The summed E-state index contributed by atoms with van der Waals surface area (Å²) in [7, 11) is 3.42. The number of benzene rings is 2. The highest BCUT2D eigenvalue weighted by atomic mass is 16.5. The normalized spacial score (nSPS) is 23.9. The van der Waals surface area contributed by atoms with Gasteiger partial charge in [-0.2, -0.15) is 0 Å². The van der Waals surface area contributed by atoms with Gasteiger partial charge in [-0.15, -0.1) is 0 Å². The van der Waals surface area contributed by atoms with Crippen LogP contribution in [-0.4, -0.2) is 45.4 Å². The number of carbonyl (C=O) groups is 1. The van der Waals surface area contributed by atoms with Crippen molar-refractivity contribution in [3.63, 3.8) is 0 Å². The van der Waals surface area contributed by atoms with Gasteiger partial charge in [0.2, 0.25) is 5.91 Å². The maximum absolute atomic E-state index is 12.7. The Bertz CT molecular complexity index is 842. The number of hydrogen-bond donors (Lipinski definition) is 3. The zero-order valence-corrected chi connectivity index (χ0v) is 16.9. The molecule has 0 bridgehead atoms. The van der Waals surface area contributed by atoms with Gasteiger partial charge in [0.05, 0.1) is 19.3 Å². The third-order valence-corrected chi connectivity index (χ3v) is 5.71. The molecule has 0 spiro atoms. The molecule has 29 heavy (non-hydrogen) atoms. The summed E-state index contributed by atoms with van der Waals surface area (Å²) in [6, 6.07) is 15.6. The van der Waals surface area contributed by atoms with Crippen molar-refractivity contribution < 1.29 is 14.3 Å². The fraction of sp³-hybridized carbons (Fsp3) is 0.409. The Balaban J connectivity index is 1.34. The molecule has 0 aromatic heterocycles. The number of carbonyl (C=O) groups excluding carboxylic acids is 1. The van der Waals surface area contributed by atoms with E-state index in [1.54, 1.807) is 14.2 Å². The molecule has 1 amide bonds. The Morgan fingerprint density at radius 2 is 1.90 bits per heavy atom. The summed E-state index contributed by atoms with van der Waals surface area (Å²) < 4.78 is 10.9. The molecule has 2 heterocycles. The van der Waals surface area contributed by atoms with E-state index in [1.807, 2.05) is 48.5 Å². The van der Waals surface area contributed by atoms with Crippen molar-refractivity contribution in [2.24, 2.45) is 0 Å². The average Bonchev–Trinajstić information content (AvgIpc) is 3.44. The lowest BCUT2D eigenvalue weighted by Gasteiger charge is -2.19. The SMILES string of the molecule is COc1ccccc1C1CC(C(=O)Nc2ccc(N3CCC(OC)C3)cc2)NN1. The molecule has 2 aromatic rings. The summed E-state index contributed by atoms with van der Waals surface area (Å²) in [6.45, 7) is 1.90. The van der Waals surface area contributed by atoms with E-state index in [4.69, 9.17) is 9.47 Å². The molecule has 3 N–H and O–H groups in total. The van der Waals surface area contributed by atoms with Crippen LogP contribution in [0.25, 0.3) is 0 Å². The third-order valence-electron chi connectivity index (χ3n) is 5.71. The highest BCUT2D eigenvalue weighted by Crippen LogP contribution is 2.30. The molecule has 7 nitrogen and oxygen atoms in total. The van der Waals surface area contributed by atoms with Gasteiger partial charge in [0.1, 0.15) is 11.8 Å². The van der Waals surface area contributed by atoms with Crippen molar-refractivity contribution in [2.75, 3.05) is 37.5 Å². The van der Waals surface area contributed by atoms with E-state index in [0.717, 1.165) is 42.2 Å². The minimum absolute atomic E-state index is 0.0215. The van der Waals surface area contributed by atoms with Gasteiger partial charge in [-0.3, -0.25) is 4.79 Å². The lowest BCUT2D eigenvalue weighted by Crippen LogP contribution is -2.39. The van der Waals surface area contributed by atoms with Crippen molar-refractivity contribution in [2.45, 2.75) is 31.0 Å². The highest BCUT2D eigenvalue weighted by Gasteiger charge is 2.31. The first-order valence-electron chi connectivity index (χ1n) is 10.0. The van der Waals surface area contributed by atoms with Crippen molar-refractivity contribution >= 4 is 17.3 Å². The fourth-order valence-electron chi connectivity index (χ4n) is 4.03. The van der Waals surface area contributed by atoms with Crippen LogP contribution in [0.1, 0.15) is 24.4 Å². The van der Waals surface area contributed by atoms with Crippen LogP contribution in [0.2, 0.25) is 0 Å². The molecule has 0 saturated carbocycles. The van der Waals surface area contributed by atoms with Crippen LogP contribution < -0.4 is 25.8 Å². The van der Waals surface area contributed by atoms with Crippen molar-refractivity contribution in [1.29, 1.82) is 0 Å². The van der Waals surface area contributed by atoms with E-state index in [9.17, 15) is 4.79 Å². The summed E-state index contributed by atoms with van der Waals surface area (Å²) in [6.07, 6.45) is 1.99. The predicted octanol–water partition coefficient (Wildman–Crippen LogP) is 2.47. The van der Waals surface area contributed by atoms with Crippen LogP contribution in [0.3, 0.4) is 0 Å². The van der Waals surface area contributed by atoms with Crippen molar-refractivity contribution in [3.05, 3.63) is 54.1 Å². The number of para-hydroxylation sites is 1. The molecule has 2 aromatic carbocycles. The maximum atomic E-state index is 12.7. The van der Waals surface area contributed by atoms with E-state index in [1.165, 1.54) is 0 Å². The summed E-state index contributed by atoms with van der Waals surface area (Å²) in [5.41, 5.74) is 9.31. The van der Waals surface area contributed by atoms with E-state index in [0.29, 0.717) is 12.5 Å². The Morgan fingerprint density at radius 1 is 1.10 bits per heavy atom. The predicted molar refractivity (Wildman–Crippen MR) is 113 cm³/mol. The number of nitrogens with zero attached hydrogens (tertiary/aromatic N) is 1. The third kappa shape index (κ3) is 4.37. The van der Waals surface area contributed by atoms with Crippen LogP contribution in [0.5, 0.6) is 5.75 Å². The van der Waals surface area contributed by atoms with E-state index < -0.39 is 0 Å². The molecule has 2 aliphatic rings. The Morgan fingerprint density at radius 3 is 2.62 bits per heavy atom. The molecule has 3 atom stereocenters. The van der Waals surface area contributed by atoms with E-state index in [-0.39, 0.29) is 18.0 Å². The van der Waals surface area contributed by atoms with Crippen molar-refractivity contribution in [3.8, 4) is 5.75 Å². The Kier molecular flexibility index (Phi) is 5.99. The fourth-order valence-corrected chi connectivity index (χ4v) is 4.03. The van der Waals surface area contributed by atoms with Gasteiger partial charge in [-0.25, -0.2) is 10.9 Å². The summed E-state index contributed by atoms with van der Waals surface area (Å²) in [4.78, 5) is 15.0. The van der Waals surface area contributed by atoms with E-state index >= 15 is 0 Å². The van der Waals surface area contributed by atoms with E-state index in [2.05, 4.69) is 21.1 Å². The van der Waals surface area contributed by atoms with Crippen LogP contribution in [0.4, 0.5) is 11.4 Å². The van der Waals surface area contributed by atoms with Crippen LogP contribution in [0.15, 0.2) is 48.5 Å². The molecule has 2 fully saturated rings. The minimum Gasteiger partial charge on any atom is -0.496 e. The number of amides is 1. The summed E-state index contributed by atoms with van der Waals surface area (Å²) in [5.74, 6) is 0.768. The first kappa shape index (κ1) is 19.7. The molecular formula is C22H28N4O3. The maximum Gasteiger partial charge on any atom is 0.242 e. The molecule has 154 valence electrons. The standard InChI is InChI=1S/C22H28N4O3/c1-28-17-11-12-26(14-17)16-9-7-15(8-10-16)23-22(27)20-13-19(24-25-20)18-5-3-4-6-21(18)29-2/h3-10,17,19-20,24-25H,11-14H2,1-2H3,(H,23,27). The monoisotopic (exact) mass is 396 g/mol. The van der Waals surface area contributed by atoms with Crippen LogP contribution >= 0.6 is 0 Å². The minimum atomic E-state index is -0.314. The number of methoxy groups -OCH3 is 2. The van der Waals surface area contributed by atoms with Crippen LogP contribution in [0, 0.1) is 0 Å². The molecular weight excluding hydrogens is 368 g/mol. The second-order valence-electron chi connectivity index (χ2n) is 7.50. The average molecular weight is 396 g/mol. The zero-order valence-electron chi connectivity index (χ0n) is 16.9. The number of nitrogens with one attached hydrogen (secondary N) is 3. The molecule has 4 rings (SSSR count). The summed E-state index contributed by atoms with van der Waals surface area (Å²) in [5, 5.41) is 3.01. The van der Waals surface area contributed by atoms with Crippen LogP contribution in [-0.2, 0) is 9.53 Å². The molecule has 2 saturated heterocycles. The van der Waals surface area contributed by atoms with Gasteiger partial charge in [0, 0.05) is 37.1 Å².